The Hall–Kier alpha value is -2.47. The Labute approximate surface area is 116 Å². The van der Waals surface area contributed by atoms with Gasteiger partial charge in [-0.3, -0.25) is 0 Å². The zero-order valence-corrected chi connectivity index (χ0v) is 11.0. The van der Waals surface area contributed by atoms with Crippen LogP contribution in [0.15, 0.2) is 36.9 Å². The molecule has 0 aliphatic heterocycles. The van der Waals surface area contributed by atoms with E-state index < -0.39 is 0 Å². The number of aromatic amines is 1. The van der Waals surface area contributed by atoms with E-state index in [4.69, 9.17) is 5.73 Å². The van der Waals surface area contributed by atoms with Gasteiger partial charge in [0.1, 0.15) is 0 Å². The number of H-pyrrole nitrogens is 1. The summed E-state index contributed by atoms with van der Waals surface area (Å²) in [5.41, 5.74) is 9.44. The number of imidazole rings is 1. The first-order chi connectivity index (χ1) is 9.86. The number of fused-ring (bicyclic) bond motifs is 1. The highest BCUT2D eigenvalue weighted by Gasteiger charge is 2.03. The summed E-state index contributed by atoms with van der Waals surface area (Å²) >= 11 is 0. The smallest absolute Gasteiger partial charge is 0.222 e. The molecule has 3 aromatic rings. The zero-order chi connectivity index (χ0) is 13.8. The van der Waals surface area contributed by atoms with Crippen molar-refractivity contribution < 1.29 is 0 Å². The van der Waals surface area contributed by atoms with Gasteiger partial charge in [-0.2, -0.15) is 0 Å². The summed E-state index contributed by atoms with van der Waals surface area (Å²) in [5, 5.41) is 3.13. The van der Waals surface area contributed by atoms with Crippen LogP contribution >= 0.6 is 0 Å². The lowest BCUT2D eigenvalue weighted by atomic mass is 10.1. The van der Waals surface area contributed by atoms with Crippen molar-refractivity contribution in [3.05, 3.63) is 36.9 Å². The van der Waals surface area contributed by atoms with Crippen molar-refractivity contribution >= 4 is 17.0 Å². The van der Waals surface area contributed by atoms with Gasteiger partial charge >= 0.3 is 0 Å². The predicted octanol–water partition coefficient (Wildman–Crippen LogP) is 1.78. The van der Waals surface area contributed by atoms with Crippen molar-refractivity contribution in [3.8, 4) is 11.1 Å². The number of nitrogens with two attached hydrogens (primary N) is 1. The summed E-state index contributed by atoms with van der Waals surface area (Å²) in [7, 11) is 0. The second-order valence-electron chi connectivity index (χ2n) is 4.50. The molecule has 0 spiro atoms. The number of nitrogens with zero attached hydrogens (tertiary/aromatic N) is 3. The Morgan fingerprint density at radius 1 is 1.10 bits per heavy atom. The van der Waals surface area contributed by atoms with E-state index in [1.165, 1.54) is 0 Å². The Kier molecular flexibility index (Phi) is 3.56. The molecule has 0 saturated heterocycles. The molecule has 6 nitrogen and oxygen atoms in total. The third kappa shape index (κ3) is 2.60. The number of anilines is 1. The number of hydrogen-bond donors (Lipinski definition) is 3. The Balaban J connectivity index is 1.79. The molecule has 2 aromatic heterocycles. The quantitative estimate of drug-likeness (QED) is 0.613. The minimum absolute atomic E-state index is 0.629. The highest BCUT2D eigenvalue weighted by Crippen LogP contribution is 2.21. The monoisotopic (exact) mass is 268 g/mol. The molecule has 0 fully saturated rings. The zero-order valence-electron chi connectivity index (χ0n) is 11.0. The predicted molar refractivity (Wildman–Crippen MR) is 79.3 cm³/mol. The van der Waals surface area contributed by atoms with Gasteiger partial charge in [-0.15, -0.1) is 0 Å². The van der Waals surface area contributed by atoms with Crippen molar-refractivity contribution in [2.24, 2.45) is 5.73 Å². The summed E-state index contributed by atoms with van der Waals surface area (Å²) in [6.07, 6.45) is 6.22. The second kappa shape index (κ2) is 5.66. The van der Waals surface area contributed by atoms with Crippen molar-refractivity contribution in [1.29, 1.82) is 0 Å². The molecule has 0 aliphatic carbocycles. The first-order valence-corrected chi connectivity index (χ1v) is 6.56. The third-order valence-electron chi connectivity index (χ3n) is 3.07. The van der Waals surface area contributed by atoms with Gasteiger partial charge in [-0.25, -0.2) is 15.0 Å². The van der Waals surface area contributed by atoms with E-state index in [-0.39, 0.29) is 0 Å². The van der Waals surface area contributed by atoms with Gasteiger partial charge in [-0.1, -0.05) is 6.07 Å². The van der Waals surface area contributed by atoms with Crippen LogP contribution in [-0.4, -0.2) is 33.0 Å². The SMILES string of the molecule is NCCCNc1ncc(-c2ccc3nc[nH]c3c2)cn1. The van der Waals surface area contributed by atoms with E-state index in [0.717, 1.165) is 35.1 Å². The maximum absolute atomic E-state index is 5.44. The maximum Gasteiger partial charge on any atom is 0.222 e. The number of nitrogens with one attached hydrogen (secondary N) is 2. The molecule has 3 rings (SSSR count). The highest BCUT2D eigenvalue weighted by atomic mass is 15.1. The molecule has 4 N–H and O–H groups in total. The summed E-state index contributed by atoms with van der Waals surface area (Å²) in [6, 6.07) is 6.04. The molecule has 6 heteroatoms. The van der Waals surface area contributed by atoms with E-state index in [2.05, 4.69) is 25.3 Å². The molecule has 0 radical (unpaired) electrons. The number of benzene rings is 1. The van der Waals surface area contributed by atoms with Crippen LogP contribution in [0.25, 0.3) is 22.2 Å². The lowest BCUT2D eigenvalue weighted by Crippen LogP contribution is -2.10. The van der Waals surface area contributed by atoms with Crippen LogP contribution in [-0.2, 0) is 0 Å². The van der Waals surface area contributed by atoms with Gasteiger partial charge < -0.3 is 16.0 Å². The average molecular weight is 268 g/mol. The number of aromatic nitrogens is 4. The molecule has 0 saturated carbocycles. The maximum atomic E-state index is 5.44. The Bertz CT molecular complexity index is 688. The van der Waals surface area contributed by atoms with Crippen LogP contribution in [0.3, 0.4) is 0 Å². The van der Waals surface area contributed by atoms with Gasteiger partial charge in [0.2, 0.25) is 5.95 Å². The van der Waals surface area contributed by atoms with Crippen LogP contribution in [0, 0.1) is 0 Å². The lowest BCUT2D eigenvalue weighted by Gasteiger charge is -2.05. The van der Waals surface area contributed by atoms with Crippen molar-refractivity contribution in [2.45, 2.75) is 6.42 Å². The van der Waals surface area contributed by atoms with Gasteiger partial charge in [0.15, 0.2) is 0 Å². The van der Waals surface area contributed by atoms with E-state index in [0.29, 0.717) is 12.5 Å². The van der Waals surface area contributed by atoms with Crippen LogP contribution in [0.2, 0.25) is 0 Å². The fourth-order valence-electron chi connectivity index (χ4n) is 1.99. The Morgan fingerprint density at radius 2 is 1.95 bits per heavy atom. The molecule has 2 heterocycles. The summed E-state index contributed by atoms with van der Waals surface area (Å²) < 4.78 is 0. The van der Waals surface area contributed by atoms with Gasteiger partial charge in [0.25, 0.3) is 0 Å². The Morgan fingerprint density at radius 3 is 2.75 bits per heavy atom. The molecule has 102 valence electrons. The molecule has 1 aromatic carbocycles. The molecular weight excluding hydrogens is 252 g/mol. The van der Waals surface area contributed by atoms with Crippen LogP contribution in [0.1, 0.15) is 6.42 Å². The fraction of sp³-hybridized carbons (Fsp3) is 0.214. The summed E-state index contributed by atoms with van der Waals surface area (Å²) in [4.78, 5) is 15.9. The minimum Gasteiger partial charge on any atom is -0.354 e. The fourth-order valence-corrected chi connectivity index (χ4v) is 1.99. The molecule has 0 bridgehead atoms. The summed E-state index contributed by atoms with van der Waals surface area (Å²) in [6.45, 7) is 1.45. The third-order valence-corrected chi connectivity index (χ3v) is 3.07. The average Bonchev–Trinajstić information content (AvgIpc) is 2.96. The van der Waals surface area contributed by atoms with E-state index >= 15 is 0 Å². The largest absolute Gasteiger partial charge is 0.354 e. The summed E-state index contributed by atoms with van der Waals surface area (Å²) in [5.74, 6) is 0.629. The van der Waals surface area contributed by atoms with Crippen molar-refractivity contribution in [2.75, 3.05) is 18.4 Å². The van der Waals surface area contributed by atoms with E-state index in [9.17, 15) is 0 Å². The second-order valence-corrected chi connectivity index (χ2v) is 4.50. The number of hydrogen-bond acceptors (Lipinski definition) is 5. The van der Waals surface area contributed by atoms with Gasteiger partial charge in [-0.05, 0) is 30.7 Å². The molecular formula is C14H16N6. The van der Waals surface area contributed by atoms with Crippen molar-refractivity contribution in [3.63, 3.8) is 0 Å². The van der Waals surface area contributed by atoms with Crippen molar-refractivity contribution in [1.82, 2.24) is 19.9 Å². The first-order valence-electron chi connectivity index (χ1n) is 6.56. The highest BCUT2D eigenvalue weighted by molar-refractivity contribution is 5.81. The van der Waals surface area contributed by atoms with Crippen LogP contribution < -0.4 is 11.1 Å². The standard InChI is InChI=1S/C14H16N6/c15-4-1-5-16-14-17-7-11(8-18-14)10-2-3-12-13(6-10)20-9-19-12/h2-3,6-9H,1,4-5,15H2,(H,19,20)(H,16,17,18). The topological polar surface area (TPSA) is 92.5 Å². The van der Waals surface area contributed by atoms with Gasteiger partial charge in [0.05, 0.1) is 17.4 Å². The molecule has 0 unspecified atom stereocenters. The number of rotatable bonds is 5. The van der Waals surface area contributed by atoms with E-state index in [1.54, 1.807) is 6.33 Å². The minimum atomic E-state index is 0.629. The van der Waals surface area contributed by atoms with E-state index in [1.807, 2.05) is 30.6 Å². The molecule has 0 amide bonds. The van der Waals surface area contributed by atoms with Gasteiger partial charge in [0, 0.05) is 24.5 Å². The molecule has 0 atom stereocenters. The first kappa shape index (κ1) is 12.6. The van der Waals surface area contributed by atoms with Crippen LogP contribution in [0.5, 0.6) is 0 Å². The normalized spacial score (nSPS) is 10.8. The van der Waals surface area contributed by atoms with Crippen LogP contribution in [0.4, 0.5) is 5.95 Å². The molecule has 0 aliphatic rings. The molecule has 20 heavy (non-hydrogen) atoms. The lowest BCUT2D eigenvalue weighted by molar-refractivity contribution is 0.864.